The van der Waals surface area contributed by atoms with Gasteiger partial charge in [0.2, 0.25) is 0 Å². The van der Waals surface area contributed by atoms with E-state index >= 15 is 0 Å². The first kappa shape index (κ1) is 7.72. The van der Waals surface area contributed by atoms with Gasteiger partial charge in [-0.3, -0.25) is 0 Å². The number of aromatic nitrogens is 3. The molecule has 0 saturated heterocycles. The first-order valence-corrected chi connectivity index (χ1v) is 3.74. The highest BCUT2D eigenvalue weighted by atomic mass is 16.4. The highest BCUT2D eigenvalue weighted by molar-refractivity contribution is 5.87. The van der Waals surface area contributed by atoms with Crippen LogP contribution in [-0.4, -0.2) is 25.7 Å². The first-order chi connectivity index (χ1) is 6.20. The summed E-state index contributed by atoms with van der Waals surface area (Å²) in [4.78, 5) is 14.9. The molecule has 0 unspecified atom stereocenters. The molecule has 66 valence electrons. The summed E-state index contributed by atoms with van der Waals surface area (Å²) in [7, 11) is 0. The van der Waals surface area contributed by atoms with Gasteiger partial charge in [0.1, 0.15) is 0 Å². The van der Waals surface area contributed by atoms with E-state index in [4.69, 9.17) is 5.11 Å². The fraction of sp³-hybridized carbons (Fsp3) is 0.125. The zero-order valence-corrected chi connectivity index (χ0v) is 6.93. The van der Waals surface area contributed by atoms with Crippen molar-refractivity contribution in [3.63, 3.8) is 0 Å². The zero-order valence-electron chi connectivity index (χ0n) is 6.93. The highest BCUT2D eigenvalue weighted by Gasteiger charge is 2.15. The number of rotatable bonds is 1. The van der Waals surface area contributed by atoms with Gasteiger partial charge < -0.3 is 5.11 Å². The van der Waals surface area contributed by atoms with Crippen LogP contribution < -0.4 is 0 Å². The molecular formula is C8H7N3O2. The third-order valence-corrected chi connectivity index (χ3v) is 1.77. The van der Waals surface area contributed by atoms with Gasteiger partial charge in [0.15, 0.2) is 11.3 Å². The summed E-state index contributed by atoms with van der Waals surface area (Å²) in [6, 6.07) is 3.43. The van der Waals surface area contributed by atoms with Crippen LogP contribution in [0.25, 0.3) is 5.65 Å². The summed E-state index contributed by atoms with van der Waals surface area (Å²) in [5.41, 5.74) is 1.15. The Hall–Kier alpha value is -1.91. The van der Waals surface area contributed by atoms with Crippen LogP contribution in [0.3, 0.4) is 0 Å². The van der Waals surface area contributed by atoms with Crippen LogP contribution in [-0.2, 0) is 0 Å². The molecule has 0 aliphatic heterocycles. The highest BCUT2D eigenvalue weighted by Crippen LogP contribution is 2.09. The van der Waals surface area contributed by atoms with Crippen molar-refractivity contribution >= 4 is 11.6 Å². The molecule has 5 heteroatoms. The Morgan fingerprint density at radius 2 is 2.38 bits per heavy atom. The van der Waals surface area contributed by atoms with Crippen molar-refractivity contribution in [3.8, 4) is 0 Å². The summed E-state index contributed by atoms with van der Waals surface area (Å²) in [5, 5.41) is 12.7. The van der Waals surface area contributed by atoms with Crippen LogP contribution in [0.4, 0.5) is 0 Å². The predicted molar refractivity (Wildman–Crippen MR) is 44.7 cm³/mol. The van der Waals surface area contributed by atoms with Crippen molar-refractivity contribution in [2.24, 2.45) is 0 Å². The molecule has 0 aliphatic rings. The standard InChI is InChI=1S/C8H7N3O2/c1-5-7(8(12)13)11-6(10-5)3-2-4-9-11/h2-4H,1H3,(H,12,13). The monoisotopic (exact) mass is 177 g/mol. The normalized spacial score (nSPS) is 10.5. The molecule has 2 rings (SSSR count). The molecule has 0 saturated carbocycles. The van der Waals surface area contributed by atoms with E-state index in [0.717, 1.165) is 0 Å². The third kappa shape index (κ3) is 1.05. The van der Waals surface area contributed by atoms with Gasteiger partial charge >= 0.3 is 5.97 Å². The smallest absolute Gasteiger partial charge is 0.356 e. The van der Waals surface area contributed by atoms with Crippen molar-refractivity contribution in [3.05, 3.63) is 29.7 Å². The Morgan fingerprint density at radius 3 is 3.08 bits per heavy atom. The molecule has 1 N–H and O–H groups in total. The Morgan fingerprint density at radius 1 is 1.62 bits per heavy atom. The van der Waals surface area contributed by atoms with Crippen LogP contribution >= 0.6 is 0 Å². The molecule has 0 fully saturated rings. The topological polar surface area (TPSA) is 67.5 Å². The lowest BCUT2D eigenvalue weighted by atomic mass is 10.3. The van der Waals surface area contributed by atoms with Crippen LogP contribution in [0, 0.1) is 6.92 Å². The van der Waals surface area contributed by atoms with Gasteiger partial charge in [-0.25, -0.2) is 14.3 Å². The molecular weight excluding hydrogens is 170 g/mol. The van der Waals surface area contributed by atoms with Crippen LogP contribution in [0.1, 0.15) is 16.2 Å². The van der Waals surface area contributed by atoms with Gasteiger partial charge in [-0.2, -0.15) is 5.10 Å². The summed E-state index contributed by atoms with van der Waals surface area (Å²) in [6.45, 7) is 1.65. The number of hydrogen-bond donors (Lipinski definition) is 1. The van der Waals surface area contributed by atoms with E-state index < -0.39 is 5.97 Å². The average Bonchev–Trinajstić information content (AvgIpc) is 2.39. The SMILES string of the molecule is Cc1nc2cccnn2c1C(=O)O. The Kier molecular flexibility index (Phi) is 1.51. The molecule has 13 heavy (non-hydrogen) atoms. The number of nitrogens with zero attached hydrogens (tertiary/aromatic N) is 3. The number of carboxylic acid groups (broad SMARTS) is 1. The maximum atomic E-state index is 10.8. The fourth-order valence-corrected chi connectivity index (χ4v) is 1.24. The molecule has 2 aromatic rings. The van der Waals surface area contributed by atoms with Gasteiger partial charge in [-0.1, -0.05) is 0 Å². The molecule has 0 aromatic carbocycles. The van der Waals surface area contributed by atoms with E-state index in [1.54, 1.807) is 19.1 Å². The number of carboxylic acids is 1. The average molecular weight is 177 g/mol. The minimum Gasteiger partial charge on any atom is -0.476 e. The summed E-state index contributed by atoms with van der Waals surface area (Å²) < 4.78 is 1.32. The van der Waals surface area contributed by atoms with Gasteiger partial charge in [-0.05, 0) is 19.1 Å². The van der Waals surface area contributed by atoms with Gasteiger partial charge in [0, 0.05) is 6.20 Å². The lowest BCUT2D eigenvalue weighted by Crippen LogP contribution is -2.05. The van der Waals surface area contributed by atoms with Crippen molar-refractivity contribution in [2.75, 3.05) is 0 Å². The van der Waals surface area contributed by atoms with E-state index in [9.17, 15) is 4.79 Å². The summed E-state index contributed by atoms with van der Waals surface area (Å²) in [5.74, 6) is -1.01. The molecule has 0 aliphatic carbocycles. The second-order valence-electron chi connectivity index (χ2n) is 2.64. The van der Waals surface area contributed by atoms with Gasteiger partial charge in [-0.15, -0.1) is 0 Å². The van der Waals surface area contributed by atoms with Gasteiger partial charge in [0.05, 0.1) is 5.69 Å². The summed E-state index contributed by atoms with van der Waals surface area (Å²) in [6.07, 6.45) is 1.53. The fourth-order valence-electron chi connectivity index (χ4n) is 1.24. The molecule has 0 bridgehead atoms. The second kappa shape index (κ2) is 2.55. The van der Waals surface area contributed by atoms with Crippen molar-refractivity contribution in [1.29, 1.82) is 0 Å². The van der Waals surface area contributed by atoms with E-state index in [1.165, 1.54) is 10.7 Å². The lowest BCUT2D eigenvalue weighted by Gasteiger charge is -1.93. The Labute approximate surface area is 73.6 Å². The van der Waals surface area contributed by atoms with Crippen LogP contribution in [0.5, 0.6) is 0 Å². The molecule has 2 aromatic heterocycles. The minimum atomic E-state index is -1.01. The van der Waals surface area contributed by atoms with E-state index in [2.05, 4.69) is 10.1 Å². The predicted octanol–water partition coefficient (Wildman–Crippen LogP) is 0.736. The van der Waals surface area contributed by atoms with Crippen molar-refractivity contribution in [1.82, 2.24) is 14.6 Å². The molecule has 0 atom stereocenters. The second-order valence-corrected chi connectivity index (χ2v) is 2.64. The largest absolute Gasteiger partial charge is 0.476 e. The summed E-state index contributed by atoms with van der Waals surface area (Å²) >= 11 is 0. The first-order valence-electron chi connectivity index (χ1n) is 3.74. The van der Waals surface area contributed by atoms with E-state index in [0.29, 0.717) is 11.3 Å². The number of carbonyl (C=O) groups is 1. The van der Waals surface area contributed by atoms with Crippen LogP contribution in [0.2, 0.25) is 0 Å². The van der Waals surface area contributed by atoms with E-state index in [-0.39, 0.29) is 5.69 Å². The van der Waals surface area contributed by atoms with Crippen molar-refractivity contribution in [2.45, 2.75) is 6.92 Å². The maximum absolute atomic E-state index is 10.8. The lowest BCUT2D eigenvalue weighted by molar-refractivity contribution is 0.0687. The number of hydrogen-bond acceptors (Lipinski definition) is 3. The Bertz CT molecular complexity index is 475. The van der Waals surface area contributed by atoms with Gasteiger partial charge in [0.25, 0.3) is 0 Å². The maximum Gasteiger partial charge on any atom is 0.356 e. The molecule has 0 radical (unpaired) electrons. The molecule has 0 spiro atoms. The van der Waals surface area contributed by atoms with Crippen molar-refractivity contribution < 1.29 is 9.90 Å². The number of aromatic carboxylic acids is 1. The minimum absolute atomic E-state index is 0.121. The number of fused-ring (bicyclic) bond motifs is 1. The van der Waals surface area contributed by atoms with E-state index in [1.807, 2.05) is 0 Å². The number of imidazole rings is 1. The zero-order chi connectivity index (χ0) is 9.42. The van der Waals surface area contributed by atoms with Crippen LogP contribution in [0.15, 0.2) is 18.3 Å². The molecule has 0 amide bonds. The Balaban J connectivity index is 2.86. The third-order valence-electron chi connectivity index (χ3n) is 1.77. The molecule has 5 nitrogen and oxygen atoms in total. The number of aryl methyl sites for hydroxylation is 1. The molecule has 2 heterocycles. The quantitative estimate of drug-likeness (QED) is 0.697.